The van der Waals surface area contributed by atoms with Crippen molar-refractivity contribution >= 4 is 5.91 Å². The molecule has 0 radical (unpaired) electrons. The molecule has 1 N–H and O–H groups in total. The Labute approximate surface area is 131 Å². The van der Waals surface area contributed by atoms with E-state index in [4.69, 9.17) is 0 Å². The predicted octanol–water partition coefficient (Wildman–Crippen LogP) is 2.20. The monoisotopic (exact) mass is 297 g/mol. The fourth-order valence-corrected chi connectivity index (χ4v) is 3.39. The molecule has 1 amide bonds. The zero-order chi connectivity index (χ0) is 16.2. The molecule has 4 nitrogen and oxygen atoms in total. The molecule has 124 valence electrons. The highest BCUT2D eigenvalue weighted by molar-refractivity contribution is 5.82. The lowest BCUT2D eigenvalue weighted by molar-refractivity contribution is -0.127. The molecule has 0 saturated carbocycles. The summed E-state index contributed by atoms with van der Waals surface area (Å²) in [5.74, 6) is 1.23. The maximum Gasteiger partial charge on any atom is 0.237 e. The first kappa shape index (κ1) is 18.4. The first-order valence-corrected chi connectivity index (χ1v) is 8.34. The number of rotatable bonds is 6. The smallest absolute Gasteiger partial charge is 0.237 e. The Kier molecular flexibility index (Phi) is 6.67. The van der Waals surface area contributed by atoms with Gasteiger partial charge in [0.2, 0.25) is 5.91 Å². The fourth-order valence-electron chi connectivity index (χ4n) is 3.39. The van der Waals surface area contributed by atoms with Gasteiger partial charge >= 0.3 is 0 Å². The van der Waals surface area contributed by atoms with Gasteiger partial charge in [-0.1, -0.05) is 20.8 Å². The number of piperidine rings is 1. The van der Waals surface area contributed by atoms with Crippen LogP contribution in [0.4, 0.5) is 0 Å². The highest BCUT2D eigenvalue weighted by atomic mass is 16.2. The molecule has 1 rings (SSSR count). The van der Waals surface area contributed by atoms with E-state index in [0.29, 0.717) is 5.92 Å². The van der Waals surface area contributed by atoms with Crippen molar-refractivity contribution in [1.29, 1.82) is 0 Å². The third kappa shape index (κ3) is 5.26. The molecule has 1 aliphatic heterocycles. The summed E-state index contributed by atoms with van der Waals surface area (Å²) in [7, 11) is 3.95. The van der Waals surface area contributed by atoms with Crippen molar-refractivity contribution < 1.29 is 4.79 Å². The van der Waals surface area contributed by atoms with E-state index < -0.39 is 0 Å². The second kappa shape index (κ2) is 7.59. The predicted molar refractivity (Wildman–Crippen MR) is 89.4 cm³/mol. The summed E-state index contributed by atoms with van der Waals surface area (Å²) in [4.78, 5) is 17.0. The molecule has 1 aliphatic rings. The van der Waals surface area contributed by atoms with E-state index >= 15 is 0 Å². The van der Waals surface area contributed by atoms with Crippen LogP contribution in [0.25, 0.3) is 0 Å². The summed E-state index contributed by atoms with van der Waals surface area (Å²) < 4.78 is 0. The zero-order valence-corrected chi connectivity index (χ0v) is 15.1. The summed E-state index contributed by atoms with van der Waals surface area (Å²) in [5, 5.41) is 3.18. The molecule has 0 bridgehead atoms. The molecule has 1 fully saturated rings. The maximum absolute atomic E-state index is 12.4. The van der Waals surface area contributed by atoms with E-state index in [2.05, 4.69) is 44.8 Å². The minimum atomic E-state index is -0.0546. The summed E-state index contributed by atoms with van der Waals surface area (Å²) in [6.45, 7) is 14.0. The number of hydrogen-bond donors (Lipinski definition) is 1. The van der Waals surface area contributed by atoms with E-state index in [0.717, 1.165) is 25.6 Å². The lowest BCUT2D eigenvalue weighted by Crippen LogP contribution is -2.57. The van der Waals surface area contributed by atoms with Crippen LogP contribution in [-0.2, 0) is 4.79 Å². The van der Waals surface area contributed by atoms with E-state index in [1.165, 1.54) is 12.8 Å². The Morgan fingerprint density at radius 1 is 1.38 bits per heavy atom. The highest BCUT2D eigenvalue weighted by Crippen LogP contribution is 2.23. The number of nitrogens with one attached hydrogen (secondary N) is 1. The lowest BCUT2D eigenvalue weighted by atomic mass is 9.93. The summed E-state index contributed by atoms with van der Waals surface area (Å²) >= 11 is 0. The number of amides is 1. The molecular formula is C17H35N3O. The van der Waals surface area contributed by atoms with Crippen LogP contribution in [0.5, 0.6) is 0 Å². The number of carbonyl (C=O) groups excluding carboxylic acids is 1. The van der Waals surface area contributed by atoms with Gasteiger partial charge in [0.15, 0.2) is 0 Å². The van der Waals surface area contributed by atoms with E-state index in [9.17, 15) is 4.79 Å². The van der Waals surface area contributed by atoms with Crippen LogP contribution in [0.3, 0.4) is 0 Å². The molecule has 21 heavy (non-hydrogen) atoms. The average molecular weight is 297 g/mol. The maximum atomic E-state index is 12.4. The van der Waals surface area contributed by atoms with E-state index in [-0.39, 0.29) is 17.5 Å². The van der Waals surface area contributed by atoms with Crippen LogP contribution in [-0.4, -0.2) is 61.0 Å². The normalized spacial score (nSPS) is 22.6. The molecule has 0 aromatic rings. The summed E-state index contributed by atoms with van der Waals surface area (Å²) in [5.41, 5.74) is 0.0260. The van der Waals surface area contributed by atoms with Gasteiger partial charge in [0.25, 0.3) is 0 Å². The van der Waals surface area contributed by atoms with Crippen molar-refractivity contribution in [3.05, 3.63) is 0 Å². The number of nitrogens with zero attached hydrogens (tertiary/aromatic N) is 2. The Bertz CT molecular complexity index is 331. The highest BCUT2D eigenvalue weighted by Gasteiger charge is 2.32. The van der Waals surface area contributed by atoms with Gasteiger partial charge in [0.05, 0.1) is 6.04 Å². The van der Waals surface area contributed by atoms with Crippen molar-refractivity contribution in [2.24, 2.45) is 11.8 Å². The third-order valence-electron chi connectivity index (χ3n) is 4.66. The van der Waals surface area contributed by atoms with Gasteiger partial charge in [-0.2, -0.15) is 0 Å². The minimum Gasteiger partial charge on any atom is -0.353 e. The Morgan fingerprint density at radius 3 is 2.48 bits per heavy atom. The second-order valence-electron chi connectivity index (χ2n) is 7.88. The molecular weight excluding hydrogens is 262 g/mol. The second-order valence-corrected chi connectivity index (χ2v) is 7.88. The molecule has 0 aromatic heterocycles. The first-order chi connectivity index (χ1) is 9.65. The van der Waals surface area contributed by atoms with Gasteiger partial charge in [0.1, 0.15) is 0 Å². The van der Waals surface area contributed by atoms with Gasteiger partial charge < -0.3 is 5.32 Å². The van der Waals surface area contributed by atoms with Gasteiger partial charge in [-0.25, -0.2) is 0 Å². The average Bonchev–Trinajstić information content (AvgIpc) is 2.35. The van der Waals surface area contributed by atoms with E-state index in [1.807, 2.05) is 19.0 Å². The Hall–Kier alpha value is -0.610. The van der Waals surface area contributed by atoms with Gasteiger partial charge in [-0.05, 0) is 59.2 Å². The molecule has 0 aromatic carbocycles. The van der Waals surface area contributed by atoms with Crippen LogP contribution < -0.4 is 5.32 Å². The number of carbonyl (C=O) groups is 1. The van der Waals surface area contributed by atoms with Crippen LogP contribution in [0.15, 0.2) is 0 Å². The van der Waals surface area contributed by atoms with Crippen molar-refractivity contribution in [2.75, 3.05) is 33.7 Å². The molecule has 0 aliphatic carbocycles. The molecule has 0 unspecified atom stereocenters. The van der Waals surface area contributed by atoms with Crippen molar-refractivity contribution in [1.82, 2.24) is 15.1 Å². The molecule has 2 atom stereocenters. The quantitative estimate of drug-likeness (QED) is 0.816. The number of likely N-dealkylation sites (N-methyl/N-ethyl adjacent to an activating group) is 1. The largest absolute Gasteiger partial charge is 0.353 e. The molecule has 0 spiro atoms. The van der Waals surface area contributed by atoms with Crippen LogP contribution in [0, 0.1) is 11.8 Å². The molecule has 4 heteroatoms. The zero-order valence-electron chi connectivity index (χ0n) is 15.1. The Morgan fingerprint density at radius 2 is 2.00 bits per heavy atom. The van der Waals surface area contributed by atoms with E-state index in [1.54, 1.807) is 0 Å². The standard InChI is InChI=1S/C17H35N3O/c1-13(2)15(19(6)7)16(21)18-12-17(4,5)20-10-8-9-14(3)11-20/h13-15H,8-12H2,1-7H3,(H,18,21)/t14-,15+/m1/s1. The summed E-state index contributed by atoms with van der Waals surface area (Å²) in [6.07, 6.45) is 2.60. The van der Waals surface area contributed by atoms with Crippen LogP contribution >= 0.6 is 0 Å². The Balaban J connectivity index is 2.57. The van der Waals surface area contributed by atoms with Crippen molar-refractivity contribution in [3.8, 4) is 0 Å². The van der Waals surface area contributed by atoms with Crippen molar-refractivity contribution in [2.45, 2.75) is 59.0 Å². The molecule has 1 heterocycles. The minimum absolute atomic E-state index is 0.0260. The van der Waals surface area contributed by atoms with Crippen molar-refractivity contribution in [3.63, 3.8) is 0 Å². The van der Waals surface area contributed by atoms with Crippen LogP contribution in [0.1, 0.15) is 47.5 Å². The molecule has 1 saturated heterocycles. The number of likely N-dealkylation sites (tertiary alicyclic amines) is 1. The fraction of sp³-hybridized carbons (Fsp3) is 0.941. The summed E-state index contributed by atoms with van der Waals surface area (Å²) in [6, 6.07) is -0.0546. The first-order valence-electron chi connectivity index (χ1n) is 8.34. The van der Waals surface area contributed by atoms with Gasteiger partial charge in [-0.15, -0.1) is 0 Å². The van der Waals surface area contributed by atoms with Gasteiger partial charge in [-0.3, -0.25) is 14.6 Å². The third-order valence-corrected chi connectivity index (χ3v) is 4.66. The van der Waals surface area contributed by atoms with Gasteiger partial charge in [0, 0.05) is 18.6 Å². The topological polar surface area (TPSA) is 35.6 Å². The van der Waals surface area contributed by atoms with Crippen LogP contribution in [0.2, 0.25) is 0 Å². The lowest BCUT2D eigenvalue weighted by Gasteiger charge is -2.43. The number of hydrogen-bond acceptors (Lipinski definition) is 3. The SMILES string of the molecule is CC(C)[C@@H](C(=O)NCC(C)(C)N1CCC[C@@H](C)C1)N(C)C.